The molecule has 0 aliphatic carbocycles. The monoisotopic (exact) mass is 304 g/mol. The van der Waals surface area contributed by atoms with E-state index in [4.69, 9.17) is 10.5 Å². The van der Waals surface area contributed by atoms with Gasteiger partial charge in [-0.3, -0.25) is 4.57 Å². The molecule has 3 heterocycles. The second kappa shape index (κ2) is 6.02. The van der Waals surface area contributed by atoms with Crippen LogP contribution in [-0.2, 0) is 11.3 Å². The molecule has 0 radical (unpaired) electrons. The van der Waals surface area contributed by atoms with Crippen LogP contribution in [0.3, 0.4) is 0 Å². The van der Waals surface area contributed by atoms with E-state index in [0.717, 1.165) is 18.5 Å². The standard InChI is InChI=1S/C15H21N5O2/c1-10(2)5-6-19-8-18-15-13(14(19)16)17-9-20(15)12-4-3-11(7-21)22-12/h5,8-9,11-12,16,21H,3-4,6-7H2,1-2H3/p+1/t11-,12+/m0/s1. The zero-order chi connectivity index (χ0) is 15.7. The van der Waals surface area contributed by atoms with Gasteiger partial charge in [0.15, 0.2) is 5.52 Å². The normalized spacial score (nSPS) is 21.4. The van der Waals surface area contributed by atoms with E-state index < -0.39 is 0 Å². The highest BCUT2D eigenvalue weighted by Gasteiger charge is 2.29. The number of hydrogen-bond donors (Lipinski definition) is 2. The molecular weight excluding hydrogens is 282 g/mol. The lowest BCUT2D eigenvalue weighted by Crippen LogP contribution is -2.37. The Bertz CT molecular complexity index is 705. The van der Waals surface area contributed by atoms with Crippen LogP contribution in [0.1, 0.15) is 32.9 Å². The molecule has 1 fully saturated rings. The average Bonchev–Trinajstić information content (AvgIpc) is 3.12. The van der Waals surface area contributed by atoms with E-state index in [1.807, 2.05) is 23.0 Å². The lowest BCUT2D eigenvalue weighted by atomic mass is 10.2. The Balaban J connectivity index is 1.92. The maximum Gasteiger partial charge on any atom is 0.251 e. The molecule has 118 valence electrons. The fourth-order valence-electron chi connectivity index (χ4n) is 2.65. The molecule has 2 atom stereocenters. The molecule has 1 aliphatic rings. The molecule has 0 amide bonds. The van der Waals surface area contributed by atoms with E-state index in [9.17, 15) is 5.11 Å². The number of allylic oxidation sites excluding steroid dienone is 2. The van der Waals surface area contributed by atoms with Gasteiger partial charge < -0.3 is 15.6 Å². The van der Waals surface area contributed by atoms with Crippen LogP contribution in [0.15, 0.2) is 24.3 Å². The Morgan fingerprint density at radius 2 is 2.32 bits per heavy atom. The van der Waals surface area contributed by atoms with Crippen molar-refractivity contribution >= 4 is 17.0 Å². The summed E-state index contributed by atoms with van der Waals surface area (Å²) < 4.78 is 9.56. The summed E-state index contributed by atoms with van der Waals surface area (Å²) in [6, 6.07) is 0. The number of aliphatic hydroxyl groups excluding tert-OH is 1. The number of imidazole rings is 1. The van der Waals surface area contributed by atoms with Crippen LogP contribution in [0.2, 0.25) is 0 Å². The summed E-state index contributed by atoms with van der Waals surface area (Å²) in [7, 11) is 0. The quantitative estimate of drug-likeness (QED) is 0.648. The number of anilines is 1. The van der Waals surface area contributed by atoms with Gasteiger partial charge in [-0.25, -0.2) is 9.55 Å². The van der Waals surface area contributed by atoms with Gasteiger partial charge in [-0.05, 0) is 26.7 Å². The topological polar surface area (TPSA) is 90.1 Å². The minimum atomic E-state index is -0.136. The average molecular weight is 304 g/mol. The number of ether oxygens (including phenoxy) is 1. The molecule has 2 aromatic rings. The fraction of sp³-hybridized carbons (Fsp3) is 0.533. The van der Waals surface area contributed by atoms with Crippen molar-refractivity contribution in [2.75, 3.05) is 12.3 Å². The molecule has 1 aliphatic heterocycles. The number of nitrogen functional groups attached to an aromatic ring is 1. The molecule has 0 bridgehead atoms. The molecule has 22 heavy (non-hydrogen) atoms. The summed E-state index contributed by atoms with van der Waals surface area (Å²) in [5, 5.41) is 9.18. The number of aliphatic hydroxyl groups is 1. The van der Waals surface area contributed by atoms with Crippen molar-refractivity contribution in [3.8, 4) is 0 Å². The lowest BCUT2D eigenvalue weighted by Gasteiger charge is -2.12. The number of fused-ring (bicyclic) bond motifs is 1. The van der Waals surface area contributed by atoms with Gasteiger partial charge in [0.25, 0.3) is 5.82 Å². The summed E-state index contributed by atoms with van der Waals surface area (Å²) in [4.78, 5) is 8.88. The van der Waals surface area contributed by atoms with Crippen molar-refractivity contribution in [2.45, 2.75) is 45.6 Å². The van der Waals surface area contributed by atoms with Crippen LogP contribution < -0.4 is 10.3 Å². The van der Waals surface area contributed by atoms with Crippen molar-refractivity contribution in [3.63, 3.8) is 0 Å². The molecular formula is C15H22N5O2+. The van der Waals surface area contributed by atoms with Gasteiger partial charge in [-0.1, -0.05) is 16.6 Å². The highest BCUT2D eigenvalue weighted by Crippen LogP contribution is 2.30. The third-order valence-electron chi connectivity index (χ3n) is 3.93. The van der Waals surface area contributed by atoms with Crippen LogP contribution in [0.4, 0.5) is 5.82 Å². The third-order valence-corrected chi connectivity index (χ3v) is 3.93. The van der Waals surface area contributed by atoms with Gasteiger partial charge in [0, 0.05) is 0 Å². The second-order valence-corrected chi connectivity index (χ2v) is 5.86. The summed E-state index contributed by atoms with van der Waals surface area (Å²) in [5.74, 6) is 0.595. The molecule has 7 nitrogen and oxygen atoms in total. The van der Waals surface area contributed by atoms with Crippen molar-refractivity contribution in [1.29, 1.82) is 0 Å². The number of rotatable bonds is 4. The van der Waals surface area contributed by atoms with Crippen molar-refractivity contribution in [3.05, 3.63) is 24.3 Å². The van der Waals surface area contributed by atoms with Gasteiger partial charge >= 0.3 is 0 Å². The van der Waals surface area contributed by atoms with E-state index >= 15 is 0 Å². The Kier molecular flexibility index (Phi) is 4.08. The summed E-state index contributed by atoms with van der Waals surface area (Å²) in [6.45, 7) is 4.82. The van der Waals surface area contributed by atoms with Crippen LogP contribution in [0.25, 0.3) is 11.2 Å². The fourth-order valence-corrected chi connectivity index (χ4v) is 2.65. The first kappa shape index (κ1) is 14.9. The zero-order valence-electron chi connectivity index (χ0n) is 12.9. The summed E-state index contributed by atoms with van der Waals surface area (Å²) >= 11 is 0. The second-order valence-electron chi connectivity index (χ2n) is 5.86. The zero-order valence-corrected chi connectivity index (χ0v) is 12.9. The first-order valence-electron chi connectivity index (χ1n) is 7.50. The third kappa shape index (κ3) is 2.69. The smallest absolute Gasteiger partial charge is 0.251 e. The molecule has 0 aromatic carbocycles. The Hall–Kier alpha value is -1.99. The molecule has 0 unspecified atom stereocenters. The lowest BCUT2D eigenvalue weighted by molar-refractivity contribution is -0.674. The summed E-state index contributed by atoms with van der Waals surface area (Å²) in [6.07, 6.45) is 6.97. The first-order valence-corrected chi connectivity index (χ1v) is 7.50. The number of aromatic nitrogens is 4. The predicted molar refractivity (Wildman–Crippen MR) is 81.8 cm³/mol. The van der Waals surface area contributed by atoms with Gasteiger partial charge in [-0.2, -0.15) is 0 Å². The summed E-state index contributed by atoms with van der Waals surface area (Å²) in [5.41, 5.74) is 8.83. The van der Waals surface area contributed by atoms with Gasteiger partial charge in [-0.15, -0.1) is 0 Å². The molecule has 0 spiro atoms. The molecule has 7 heteroatoms. The maximum atomic E-state index is 9.18. The van der Waals surface area contributed by atoms with Crippen LogP contribution in [0.5, 0.6) is 0 Å². The Morgan fingerprint density at radius 3 is 3.00 bits per heavy atom. The molecule has 2 aromatic heterocycles. The van der Waals surface area contributed by atoms with Crippen molar-refractivity contribution < 1.29 is 14.4 Å². The van der Waals surface area contributed by atoms with Crippen molar-refractivity contribution in [2.24, 2.45) is 0 Å². The number of nitrogens with two attached hydrogens (primary N) is 1. The minimum Gasteiger partial charge on any atom is -0.394 e. The van der Waals surface area contributed by atoms with E-state index in [2.05, 4.69) is 16.0 Å². The maximum absolute atomic E-state index is 9.18. The van der Waals surface area contributed by atoms with E-state index in [1.165, 1.54) is 5.57 Å². The van der Waals surface area contributed by atoms with Gasteiger partial charge in [0.1, 0.15) is 12.6 Å². The predicted octanol–water partition coefficient (Wildman–Crippen LogP) is 0.937. The molecule has 0 saturated carbocycles. The SMILES string of the molecule is CC(C)=CC[n+]1cnc2c(ncn2[C@H]2CC[C@@H](CO)O2)c1N. The Morgan fingerprint density at radius 1 is 1.50 bits per heavy atom. The molecule has 3 rings (SSSR count). The van der Waals surface area contributed by atoms with Crippen molar-refractivity contribution in [1.82, 2.24) is 14.5 Å². The molecule has 3 N–H and O–H groups in total. The molecule has 1 saturated heterocycles. The first-order chi connectivity index (χ1) is 10.6. The van der Waals surface area contributed by atoms with Crippen LogP contribution in [-0.4, -0.2) is 32.4 Å². The van der Waals surface area contributed by atoms with E-state index in [1.54, 1.807) is 12.7 Å². The largest absolute Gasteiger partial charge is 0.394 e. The highest BCUT2D eigenvalue weighted by molar-refractivity contribution is 5.79. The number of nitrogens with zero attached hydrogens (tertiary/aromatic N) is 4. The van der Waals surface area contributed by atoms with E-state index in [-0.39, 0.29) is 18.9 Å². The highest BCUT2D eigenvalue weighted by atomic mass is 16.5. The van der Waals surface area contributed by atoms with E-state index in [0.29, 0.717) is 17.9 Å². The van der Waals surface area contributed by atoms with Gasteiger partial charge in [0.05, 0.1) is 19.3 Å². The van der Waals surface area contributed by atoms with Gasteiger partial charge in [0.2, 0.25) is 12.0 Å². The Labute approximate surface area is 129 Å². The van der Waals surface area contributed by atoms with Crippen LogP contribution in [0, 0.1) is 0 Å². The minimum absolute atomic E-state index is 0.0431. The van der Waals surface area contributed by atoms with Crippen LogP contribution >= 0.6 is 0 Å². The number of hydrogen-bond acceptors (Lipinski definition) is 5.